The summed E-state index contributed by atoms with van der Waals surface area (Å²) in [6.07, 6.45) is 3.25. The van der Waals surface area contributed by atoms with Crippen LogP contribution in [-0.4, -0.2) is 25.4 Å². The molecule has 2 rings (SSSR count). The van der Waals surface area contributed by atoms with Gasteiger partial charge in [0.05, 0.1) is 9.95 Å². The fourth-order valence-corrected chi connectivity index (χ4v) is 4.22. The summed E-state index contributed by atoms with van der Waals surface area (Å²) in [5.41, 5.74) is 5.59. The predicted octanol–water partition coefficient (Wildman–Crippen LogP) is 1.80. The second-order valence-corrected chi connectivity index (χ2v) is 7.14. The zero-order valence-corrected chi connectivity index (χ0v) is 12.7. The Morgan fingerprint density at radius 2 is 2.00 bits per heavy atom. The smallest absolute Gasteiger partial charge is 0.270 e. The van der Waals surface area contributed by atoms with Crippen molar-refractivity contribution in [1.29, 1.82) is 0 Å². The summed E-state index contributed by atoms with van der Waals surface area (Å²) in [6, 6.07) is 2.69. The van der Waals surface area contributed by atoms with E-state index in [9.17, 15) is 18.5 Å². The van der Waals surface area contributed by atoms with Gasteiger partial charge >= 0.3 is 0 Å². The van der Waals surface area contributed by atoms with E-state index in [0.717, 1.165) is 31.4 Å². The highest BCUT2D eigenvalue weighted by Crippen LogP contribution is 2.27. The maximum Gasteiger partial charge on any atom is 0.270 e. The SMILES string of the molecule is NC1CCCCC1NS(=O)(=O)c1cc([N+](=O)[O-])ccc1Cl. The molecule has 0 radical (unpaired) electrons. The molecule has 1 aromatic rings. The minimum atomic E-state index is -3.95. The molecule has 1 fully saturated rings. The Bertz CT molecular complexity index is 650. The Balaban J connectivity index is 2.30. The number of benzene rings is 1. The largest absolute Gasteiger partial charge is 0.326 e. The molecule has 0 aliphatic heterocycles. The number of nitrogens with zero attached hydrogens (tertiary/aromatic N) is 1. The summed E-state index contributed by atoms with van der Waals surface area (Å²) in [6.45, 7) is 0. The molecule has 0 saturated heterocycles. The van der Waals surface area contributed by atoms with Crippen LogP contribution >= 0.6 is 11.6 Å². The molecule has 0 amide bonds. The van der Waals surface area contributed by atoms with Gasteiger partial charge in [-0.1, -0.05) is 24.4 Å². The molecule has 0 bridgehead atoms. The van der Waals surface area contributed by atoms with Crippen LogP contribution in [0.15, 0.2) is 23.1 Å². The Morgan fingerprint density at radius 3 is 2.62 bits per heavy atom. The molecule has 1 aromatic carbocycles. The monoisotopic (exact) mass is 333 g/mol. The van der Waals surface area contributed by atoms with Gasteiger partial charge in [-0.2, -0.15) is 0 Å². The maximum atomic E-state index is 12.4. The van der Waals surface area contributed by atoms with Crippen molar-refractivity contribution in [3.63, 3.8) is 0 Å². The zero-order chi connectivity index (χ0) is 15.6. The minimum absolute atomic E-state index is 0.0579. The van der Waals surface area contributed by atoms with E-state index in [0.29, 0.717) is 6.42 Å². The number of nitrogens with one attached hydrogen (secondary N) is 1. The number of hydrogen-bond acceptors (Lipinski definition) is 5. The number of hydrogen-bond donors (Lipinski definition) is 2. The number of nitrogens with two attached hydrogens (primary N) is 1. The molecule has 0 aromatic heterocycles. The number of nitro groups is 1. The molecule has 1 aliphatic rings. The lowest BCUT2D eigenvalue weighted by Crippen LogP contribution is -2.49. The first kappa shape index (κ1) is 16.2. The third-order valence-electron chi connectivity index (χ3n) is 3.54. The highest BCUT2D eigenvalue weighted by molar-refractivity contribution is 7.89. The van der Waals surface area contributed by atoms with Crippen molar-refractivity contribution in [2.75, 3.05) is 0 Å². The van der Waals surface area contributed by atoms with Crippen LogP contribution < -0.4 is 10.5 Å². The first-order valence-corrected chi connectivity index (χ1v) is 8.39. The first-order valence-electron chi connectivity index (χ1n) is 6.53. The average molecular weight is 334 g/mol. The molecule has 2 unspecified atom stereocenters. The van der Waals surface area contributed by atoms with Gasteiger partial charge in [-0.05, 0) is 18.9 Å². The molecular formula is C12H16ClN3O4S. The Hall–Kier alpha value is -1.22. The number of non-ortho nitro benzene ring substituents is 1. The van der Waals surface area contributed by atoms with Crippen LogP contribution in [-0.2, 0) is 10.0 Å². The number of sulfonamides is 1. The maximum absolute atomic E-state index is 12.4. The molecule has 2 atom stereocenters. The topological polar surface area (TPSA) is 115 Å². The van der Waals surface area contributed by atoms with Gasteiger partial charge in [0.25, 0.3) is 5.69 Å². The van der Waals surface area contributed by atoms with Crippen LogP contribution in [0.1, 0.15) is 25.7 Å². The van der Waals surface area contributed by atoms with Gasteiger partial charge in [0.2, 0.25) is 10.0 Å². The lowest BCUT2D eigenvalue weighted by molar-refractivity contribution is -0.385. The number of nitro benzene ring substituents is 1. The lowest BCUT2D eigenvalue weighted by Gasteiger charge is -2.29. The van der Waals surface area contributed by atoms with E-state index in [2.05, 4.69) is 4.72 Å². The summed E-state index contributed by atoms with van der Waals surface area (Å²) >= 11 is 5.87. The van der Waals surface area contributed by atoms with Gasteiger partial charge < -0.3 is 5.73 Å². The molecule has 0 spiro atoms. The lowest BCUT2D eigenvalue weighted by atomic mass is 9.92. The van der Waals surface area contributed by atoms with E-state index in [1.54, 1.807) is 0 Å². The fraction of sp³-hybridized carbons (Fsp3) is 0.500. The molecule has 0 heterocycles. The van der Waals surface area contributed by atoms with Crippen LogP contribution in [0.4, 0.5) is 5.69 Å². The normalized spacial score (nSPS) is 23.0. The van der Waals surface area contributed by atoms with Crippen LogP contribution in [0.2, 0.25) is 5.02 Å². The first-order chi connectivity index (χ1) is 9.81. The van der Waals surface area contributed by atoms with Crippen molar-refractivity contribution in [3.05, 3.63) is 33.3 Å². The van der Waals surface area contributed by atoms with Crippen molar-refractivity contribution in [3.8, 4) is 0 Å². The average Bonchev–Trinajstić information content (AvgIpc) is 2.41. The third-order valence-corrected chi connectivity index (χ3v) is 5.51. The second kappa shape index (κ2) is 6.27. The Labute approximate surface area is 127 Å². The molecule has 1 saturated carbocycles. The van der Waals surface area contributed by atoms with Crippen LogP contribution in [0, 0.1) is 10.1 Å². The van der Waals surface area contributed by atoms with Gasteiger partial charge in [-0.25, -0.2) is 13.1 Å². The fourth-order valence-electron chi connectivity index (χ4n) is 2.38. The summed E-state index contributed by atoms with van der Waals surface area (Å²) in [5.74, 6) is 0. The minimum Gasteiger partial charge on any atom is -0.326 e. The van der Waals surface area contributed by atoms with E-state index in [-0.39, 0.29) is 27.7 Å². The molecule has 7 nitrogen and oxygen atoms in total. The van der Waals surface area contributed by atoms with Gasteiger partial charge in [0, 0.05) is 24.2 Å². The van der Waals surface area contributed by atoms with Crippen LogP contribution in [0.3, 0.4) is 0 Å². The quantitative estimate of drug-likeness (QED) is 0.643. The molecular weight excluding hydrogens is 318 g/mol. The molecule has 116 valence electrons. The molecule has 9 heteroatoms. The predicted molar refractivity (Wildman–Crippen MR) is 78.7 cm³/mol. The van der Waals surface area contributed by atoms with Crippen molar-refractivity contribution >= 4 is 27.3 Å². The van der Waals surface area contributed by atoms with E-state index < -0.39 is 14.9 Å². The van der Waals surface area contributed by atoms with E-state index >= 15 is 0 Å². The highest BCUT2D eigenvalue weighted by Gasteiger charge is 2.29. The van der Waals surface area contributed by atoms with Gasteiger partial charge in [0.1, 0.15) is 4.90 Å². The number of halogens is 1. The summed E-state index contributed by atoms with van der Waals surface area (Å²) < 4.78 is 27.2. The second-order valence-electron chi connectivity index (χ2n) is 5.05. The zero-order valence-electron chi connectivity index (χ0n) is 11.2. The van der Waals surface area contributed by atoms with Gasteiger partial charge in [-0.15, -0.1) is 0 Å². The third kappa shape index (κ3) is 3.70. The highest BCUT2D eigenvalue weighted by atomic mass is 35.5. The Morgan fingerprint density at radius 1 is 1.33 bits per heavy atom. The van der Waals surface area contributed by atoms with Crippen molar-refractivity contribution in [2.24, 2.45) is 5.73 Å². The van der Waals surface area contributed by atoms with Gasteiger partial charge in [-0.3, -0.25) is 10.1 Å². The molecule has 21 heavy (non-hydrogen) atoms. The molecule has 3 N–H and O–H groups in total. The summed E-state index contributed by atoms with van der Waals surface area (Å²) in [4.78, 5) is 9.80. The van der Waals surface area contributed by atoms with Crippen molar-refractivity contribution in [2.45, 2.75) is 42.7 Å². The number of rotatable bonds is 4. The van der Waals surface area contributed by atoms with E-state index in [1.807, 2.05) is 0 Å². The van der Waals surface area contributed by atoms with E-state index in [1.165, 1.54) is 6.07 Å². The Kier molecular flexibility index (Phi) is 4.82. The van der Waals surface area contributed by atoms with Crippen LogP contribution in [0.5, 0.6) is 0 Å². The van der Waals surface area contributed by atoms with Gasteiger partial charge in [0.15, 0.2) is 0 Å². The van der Waals surface area contributed by atoms with Crippen molar-refractivity contribution < 1.29 is 13.3 Å². The molecule has 1 aliphatic carbocycles. The summed E-state index contributed by atoms with van der Waals surface area (Å²) in [5, 5.41) is 10.7. The van der Waals surface area contributed by atoms with Crippen molar-refractivity contribution in [1.82, 2.24) is 4.72 Å². The summed E-state index contributed by atoms with van der Waals surface area (Å²) in [7, 11) is -3.95. The van der Waals surface area contributed by atoms with Crippen LogP contribution in [0.25, 0.3) is 0 Å². The standard InChI is InChI=1S/C12H16ClN3O4S/c13-9-6-5-8(16(17)18)7-12(9)21(19,20)15-11-4-2-1-3-10(11)14/h5-7,10-11,15H,1-4,14H2. The van der Waals surface area contributed by atoms with E-state index in [4.69, 9.17) is 17.3 Å².